The lowest BCUT2D eigenvalue weighted by Gasteiger charge is -2.38. The fourth-order valence-corrected chi connectivity index (χ4v) is 2.28. The molecule has 7 heteroatoms. The minimum absolute atomic E-state index is 0.219. The molecule has 2 N–H and O–H groups in total. The minimum Gasteiger partial charge on any atom is -0.480 e. The quantitative estimate of drug-likeness (QED) is 0.875. The van der Waals surface area contributed by atoms with Crippen molar-refractivity contribution in [3.05, 3.63) is 35.9 Å². The van der Waals surface area contributed by atoms with E-state index in [9.17, 15) is 14.3 Å². The van der Waals surface area contributed by atoms with Crippen LogP contribution in [-0.4, -0.2) is 26.8 Å². The van der Waals surface area contributed by atoms with E-state index in [1.165, 1.54) is 12.1 Å². The van der Waals surface area contributed by atoms with Crippen LogP contribution in [0.1, 0.15) is 25.1 Å². The lowest BCUT2D eigenvalue weighted by Crippen LogP contribution is -2.56. The molecule has 0 radical (unpaired) electrons. The van der Waals surface area contributed by atoms with Crippen LogP contribution in [0.4, 0.5) is 4.39 Å². The number of nitrogens with one attached hydrogen (secondary N) is 1. The van der Waals surface area contributed by atoms with Crippen LogP contribution in [0, 0.1) is 5.82 Å². The lowest BCUT2D eigenvalue weighted by molar-refractivity contribution is -0.148. The Labute approximate surface area is 120 Å². The topological polar surface area (TPSA) is 88.2 Å². The highest BCUT2D eigenvalue weighted by atomic mass is 19.1. The number of rotatable bonds is 5. The van der Waals surface area contributed by atoms with E-state index < -0.39 is 11.5 Å². The van der Waals surface area contributed by atoms with E-state index in [4.69, 9.17) is 4.52 Å². The molecule has 2 aromatic rings. The van der Waals surface area contributed by atoms with Crippen molar-refractivity contribution in [3.63, 3.8) is 0 Å². The third-order valence-corrected chi connectivity index (χ3v) is 3.76. The van der Waals surface area contributed by atoms with Gasteiger partial charge < -0.3 is 9.63 Å². The summed E-state index contributed by atoms with van der Waals surface area (Å²) in [5.74, 6) is -0.531. The molecule has 0 aliphatic heterocycles. The maximum Gasteiger partial charge on any atom is 0.323 e. The van der Waals surface area contributed by atoms with E-state index in [1.54, 1.807) is 12.1 Å². The van der Waals surface area contributed by atoms with Gasteiger partial charge in [0.15, 0.2) is 5.82 Å². The summed E-state index contributed by atoms with van der Waals surface area (Å²) in [6, 6.07) is 5.71. The van der Waals surface area contributed by atoms with Crippen molar-refractivity contribution in [1.82, 2.24) is 15.5 Å². The Bertz CT molecular complexity index is 650. The van der Waals surface area contributed by atoms with E-state index in [-0.39, 0.29) is 18.3 Å². The predicted octanol–water partition coefficient (Wildman–Crippen LogP) is 1.97. The second kappa shape index (κ2) is 5.25. The number of carboxylic acids is 1. The zero-order chi connectivity index (χ0) is 14.9. The molecule has 3 rings (SSSR count). The Morgan fingerprint density at radius 1 is 1.38 bits per heavy atom. The number of hydrogen-bond donors (Lipinski definition) is 2. The molecule has 1 heterocycles. The van der Waals surface area contributed by atoms with Gasteiger partial charge in [0, 0.05) is 5.56 Å². The second-order valence-corrected chi connectivity index (χ2v) is 5.12. The van der Waals surface area contributed by atoms with Crippen LogP contribution in [0.15, 0.2) is 28.8 Å². The summed E-state index contributed by atoms with van der Waals surface area (Å²) in [6.07, 6.45) is 2.10. The van der Waals surface area contributed by atoms with Crippen LogP contribution < -0.4 is 5.32 Å². The first-order valence-corrected chi connectivity index (χ1v) is 6.66. The number of carboxylic acid groups (broad SMARTS) is 1. The van der Waals surface area contributed by atoms with Gasteiger partial charge in [0.1, 0.15) is 11.4 Å². The highest BCUT2D eigenvalue weighted by Gasteiger charge is 2.44. The minimum atomic E-state index is -0.864. The van der Waals surface area contributed by atoms with Crippen molar-refractivity contribution >= 4 is 5.97 Å². The van der Waals surface area contributed by atoms with Crippen LogP contribution in [0.2, 0.25) is 0 Å². The standard InChI is InChI=1S/C14H14FN3O3/c15-10-4-2-9(3-5-10)12-17-11(18-21-12)8-16-14(13(19)20)6-1-7-14/h2-5,16H,1,6-8H2,(H,19,20). The van der Waals surface area contributed by atoms with Gasteiger partial charge in [-0.1, -0.05) is 5.16 Å². The molecular formula is C14H14FN3O3. The van der Waals surface area contributed by atoms with Gasteiger partial charge in [0.05, 0.1) is 6.54 Å². The van der Waals surface area contributed by atoms with Gasteiger partial charge in [-0.15, -0.1) is 0 Å². The van der Waals surface area contributed by atoms with Crippen molar-refractivity contribution in [3.8, 4) is 11.5 Å². The second-order valence-electron chi connectivity index (χ2n) is 5.12. The SMILES string of the molecule is O=C(O)C1(NCc2noc(-c3ccc(F)cc3)n2)CCC1. The van der Waals surface area contributed by atoms with Crippen LogP contribution in [0.5, 0.6) is 0 Å². The molecule has 21 heavy (non-hydrogen) atoms. The summed E-state index contributed by atoms with van der Waals surface area (Å²) in [7, 11) is 0. The first-order chi connectivity index (χ1) is 10.1. The van der Waals surface area contributed by atoms with Gasteiger partial charge in [0.25, 0.3) is 5.89 Å². The van der Waals surface area contributed by atoms with Crippen molar-refractivity contribution < 1.29 is 18.8 Å². The molecule has 110 valence electrons. The molecule has 1 fully saturated rings. The van der Waals surface area contributed by atoms with E-state index in [0.29, 0.717) is 24.2 Å². The Balaban J connectivity index is 1.68. The third-order valence-electron chi connectivity index (χ3n) is 3.76. The monoisotopic (exact) mass is 291 g/mol. The third kappa shape index (κ3) is 2.64. The summed E-state index contributed by atoms with van der Waals surface area (Å²) in [4.78, 5) is 15.4. The highest BCUT2D eigenvalue weighted by Crippen LogP contribution is 2.32. The molecule has 1 aliphatic rings. The molecule has 1 aromatic carbocycles. The number of halogens is 1. The van der Waals surface area contributed by atoms with Crippen LogP contribution in [0.25, 0.3) is 11.5 Å². The smallest absolute Gasteiger partial charge is 0.323 e. The van der Waals surface area contributed by atoms with Gasteiger partial charge >= 0.3 is 5.97 Å². The molecule has 0 bridgehead atoms. The maximum absolute atomic E-state index is 12.8. The predicted molar refractivity (Wildman–Crippen MR) is 70.7 cm³/mol. The van der Waals surface area contributed by atoms with E-state index in [0.717, 1.165) is 6.42 Å². The first-order valence-electron chi connectivity index (χ1n) is 6.66. The summed E-state index contributed by atoms with van der Waals surface area (Å²) in [5.41, 5.74) is -0.247. The number of hydrogen-bond acceptors (Lipinski definition) is 5. The number of carbonyl (C=O) groups is 1. The molecule has 1 aliphatic carbocycles. The molecule has 1 aromatic heterocycles. The van der Waals surface area contributed by atoms with Crippen molar-refractivity contribution in [2.24, 2.45) is 0 Å². The summed E-state index contributed by atoms with van der Waals surface area (Å²) in [5, 5.41) is 16.0. The van der Waals surface area contributed by atoms with Gasteiger partial charge in [-0.25, -0.2) is 4.39 Å². The molecule has 6 nitrogen and oxygen atoms in total. The zero-order valence-corrected chi connectivity index (χ0v) is 11.2. The van der Waals surface area contributed by atoms with Crippen molar-refractivity contribution in [2.75, 3.05) is 0 Å². The normalized spacial score (nSPS) is 16.4. The van der Waals surface area contributed by atoms with Crippen molar-refractivity contribution in [2.45, 2.75) is 31.3 Å². The van der Waals surface area contributed by atoms with Gasteiger partial charge in [0.2, 0.25) is 0 Å². The van der Waals surface area contributed by atoms with E-state index >= 15 is 0 Å². The van der Waals surface area contributed by atoms with Crippen LogP contribution in [0.3, 0.4) is 0 Å². The maximum atomic E-state index is 12.8. The largest absolute Gasteiger partial charge is 0.480 e. The van der Waals surface area contributed by atoms with Crippen molar-refractivity contribution in [1.29, 1.82) is 0 Å². The number of aliphatic carboxylic acids is 1. The molecule has 0 amide bonds. The average molecular weight is 291 g/mol. The molecule has 1 saturated carbocycles. The summed E-state index contributed by atoms with van der Waals surface area (Å²) < 4.78 is 17.9. The Kier molecular flexibility index (Phi) is 3.42. The first kappa shape index (κ1) is 13.7. The number of nitrogens with zero attached hydrogens (tertiary/aromatic N) is 2. The lowest BCUT2D eigenvalue weighted by atomic mass is 9.77. The molecule has 0 spiro atoms. The van der Waals surface area contributed by atoms with Crippen LogP contribution >= 0.6 is 0 Å². The molecular weight excluding hydrogens is 277 g/mol. The molecule has 0 unspecified atom stereocenters. The highest BCUT2D eigenvalue weighted by molar-refractivity contribution is 5.79. The Morgan fingerprint density at radius 2 is 2.10 bits per heavy atom. The Morgan fingerprint density at radius 3 is 2.67 bits per heavy atom. The van der Waals surface area contributed by atoms with E-state index in [2.05, 4.69) is 15.5 Å². The molecule has 0 atom stereocenters. The fourth-order valence-electron chi connectivity index (χ4n) is 2.28. The number of aromatic nitrogens is 2. The Hall–Kier alpha value is -2.28. The summed E-state index contributed by atoms with van der Waals surface area (Å²) in [6.45, 7) is 0.219. The van der Waals surface area contributed by atoms with Gasteiger partial charge in [-0.3, -0.25) is 10.1 Å². The fraction of sp³-hybridized carbons (Fsp3) is 0.357. The summed E-state index contributed by atoms with van der Waals surface area (Å²) >= 11 is 0. The average Bonchev–Trinajstić information content (AvgIpc) is 2.87. The van der Waals surface area contributed by atoms with E-state index in [1.807, 2.05) is 0 Å². The zero-order valence-electron chi connectivity index (χ0n) is 11.2. The number of benzene rings is 1. The van der Waals surface area contributed by atoms with Gasteiger partial charge in [-0.05, 0) is 43.5 Å². The van der Waals surface area contributed by atoms with Crippen LogP contribution in [-0.2, 0) is 11.3 Å². The molecule has 0 saturated heterocycles. The van der Waals surface area contributed by atoms with Gasteiger partial charge in [-0.2, -0.15) is 4.98 Å².